The Morgan fingerprint density at radius 1 is 1.13 bits per heavy atom. The molecule has 1 aromatic heterocycles. The number of nitrogens with zero attached hydrogens (tertiary/aromatic N) is 1. The van der Waals surface area contributed by atoms with Gasteiger partial charge in [-0.2, -0.15) is 0 Å². The molecule has 0 radical (unpaired) electrons. The van der Waals surface area contributed by atoms with Crippen LogP contribution in [0.15, 0.2) is 60.3 Å². The van der Waals surface area contributed by atoms with Gasteiger partial charge >= 0.3 is 0 Å². The number of Topliss-reactive ketones (excluding diaryl/α,β-unsaturated/α-hetero) is 1. The molecule has 4 rings (SSSR count). The Kier molecular flexibility index (Phi) is 5.80. The molecule has 2 heterocycles. The van der Waals surface area contributed by atoms with E-state index in [4.69, 9.17) is 4.74 Å². The first-order valence-corrected chi connectivity index (χ1v) is 10.6. The number of ketones is 1. The standard InChI is InChI=1S/C25H26N2O4/c1-3-5-13-27-22(16-9-8-10-17(14-16)31-4-2)21(24(29)25(27)30)23(28)19-15-26-20-12-7-6-11-18(19)20/h6-12,14-15,22,26,28H,3-5,13H2,1-2H3/b23-21-. The molecule has 6 nitrogen and oxygen atoms in total. The van der Waals surface area contributed by atoms with Gasteiger partial charge in [0.05, 0.1) is 18.2 Å². The summed E-state index contributed by atoms with van der Waals surface area (Å²) in [5, 5.41) is 12.1. The number of H-pyrrole nitrogens is 1. The Bertz CT molecular complexity index is 1160. The summed E-state index contributed by atoms with van der Waals surface area (Å²) in [4.78, 5) is 30.7. The summed E-state index contributed by atoms with van der Waals surface area (Å²) < 4.78 is 5.63. The van der Waals surface area contributed by atoms with Crippen LogP contribution in [0.1, 0.15) is 43.9 Å². The van der Waals surface area contributed by atoms with Crippen LogP contribution < -0.4 is 4.74 Å². The third-order valence-electron chi connectivity index (χ3n) is 5.62. The molecule has 2 N–H and O–H groups in total. The van der Waals surface area contributed by atoms with Crippen LogP contribution in [0.2, 0.25) is 0 Å². The van der Waals surface area contributed by atoms with E-state index in [2.05, 4.69) is 4.98 Å². The van der Waals surface area contributed by atoms with Crippen molar-refractivity contribution < 1.29 is 19.4 Å². The molecule has 160 valence electrons. The second-order valence-corrected chi connectivity index (χ2v) is 7.60. The fourth-order valence-corrected chi connectivity index (χ4v) is 4.14. The van der Waals surface area contributed by atoms with Gasteiger partial charge in [0.15, 0.2) is 0 Å². The molecule has 0 saturated carbocycles. The number of likely N-dealkylation sites (tertiary alicyclic amines) is 1. The van der Waals surface area contributed by atoms with Gasteiger partial charge in [-0.25, -0.2) is 0 Å². The number of carbonyl (C=O) groups is 2. The Hall–Kier alpha value is -3.54. The Morgan fingerprint density at radius 2 is 1.94 bits per heavy atom. The highest BCUT2D eigenvalue weighted by Gasteiger charge is 2.46. The summed E-state index contributed by atoms with van der Waals surface area (Å²) in [6.45, 7) is 4.88. The SMILES string of the molecule is CCCCN1C(=O)C(=O)/C(=C(\O)c2c[nH]c3ccccc23)C1c1cccc(OCC)c1. The van der Waals surface area contributed by atoms with E-state index >= 15 is 0 Å². The number of nitrogens with one attached hydrogen (secondary N) is 1. The minimum Gasteiger partial charge on any atom is -0.507 e. The second-order valence-electron chi connectivity index (χ2n) is 7.60. The molecule has 1 saturated heterocycles. The summed E-state index contributed by atoms with van der Waals surface area (Å²) in [5.74, 6) is -0.748. The number of benzene rings is 2. The number of para-hydroxylation sites is 1. The van der Waals surface area contributed by atoms with Crippen LogP contribution in [0.25, 0.3) is 16.7 Å². The molecule has 1 fully saturated rings. The number of amides is 1. The van der Waals surface area contributed by atoms with E-state index < -0.39 is 17.7 Å². The number of aromatic amines is 1. The molecule has 0 aliphatic carbocycles. The van der Waals surface area contributed by atoms with Crippen molar-refractivity contribution in [1.82, 2.24) is 9.88 Å². The van der Waals surface area contributed by atoms with Gasteiger partial charge in [-0.15, -0.1) is 0 Å². The van der Waals surface area contributed by atoms with Crippen molar-refractivity contribution in [1.29, 1.82) is 0 Å². The molecule has 0 bridgehead atoms. The average molecular weight is 418 g/mol. The Morgan fingerprint density at radius 3 is 2.71 bits per heavy atom. The van der Waals surface area contributed by atoms with E-state index in [0.29, 0.717) is 24.5 Å². The molecule has 1 aliphatic heterocycles. The van der Waals surface area contributed by atoms with Crippen molar-refractivity contribution in [2.75, 3.05) is 13.2 Å². The van der Waals surface area contributed by atoms with Crippen LogP contribution in [0.4, 0.5) is 0 Å². The minimum atomic E-state index is -0.666. The zero-order chi connectivity index (χ0) is 22.0. The molecular formula is C25H26N2O4. The monoisotopic (exact) mass is 418 g/mol. The summed E-state index contributed by atoms with van der Waals surface area (Å²) in [6, 6.07) is 14.2. The second kappa shape index (κ2) is 8.68. The first-order valence-electron chi connectivity index (χ1n) is 10.6. The first kappa shape index (κ1) is 20.7. The van der Waals surface area contributed by atoms with Gasteiger partial charge in [0, 0.05) is 29.2 Å². The highest BCUT2D eigenvalue weighted by molar-refractivity contribution is 6.46. The van der Waals surface area contributed by atoms with Crippen molar-refractivity contribution in [2.45, 2.75) is 32.7 Å². The summed E-state index contributed by atoms with van der Waals surface area (Å²) in [7, 11) is 0. The maximum atomic E-state index is 13.1. The number of fused-ring (bicyclic) bond motifs is 1. The highest BCUT2D eigenvalue weighted by Crippen LogP contribution is 2.41. The molecule has 0 spiro atoms. The van der Waals surface area contributed by atoms with Crippen LogP contribution in [-0.4, -0.2) is 39.8 Å². The maximum Gasteiger partial charge on any atom is 0.295 e. The Balaban J connectivity index is 1.89. The summed E-state index contributed by atoms with van der Waals surface area (Å²) >= 11 is 0. The van der Waals surface area contributed by atoms with Crippen molar-refractivity contribution in [3.05, 3.63) is 71.4 Å². The average Bonchev–Trinajstić information content (AvgIpc) is 3.32. The fourth-order valence-electron chi connectivity index (χ4n) is 4.14. The van der Waals surface area contributed by atoms with Crippen molar-refractivity contribution in [3.63, 3.8) is 0 Å². The third-order valence-corrected chi connectivity index (χ3v) is 5.62. The third kappa shape index (κ3) is 3.69. The molecule has 3 aromatic rings. The lowest BCUT2D eigenvalue weighted by atomic mass is 9.95. The van der Waals surface area contributed by atoms with E-state index in [9.17, 15) is 14.7 Å². The lowest BCUT2D eigenvalue weighted by Gasteiger charge is -2.25. The van der Waals surface area contributed by atoms with Gasteiger partial charge in [0.25, 0.3) is 11.7 Å². The summed E-state index contributed by atoms with van der Waals surface area (Å²) in [5.41, 5.74) is 2.20. The van der Waals surface area contributed by atoms with Crippen LogP contribution in [-0.2, 0) is 9.59 Å². The van der Waals surface area contributed by atoms with Crippen LogP contribution in [0, 0.1) is 0 Å². The maximum absolute atomic E-state index is 13.1. The number of ether oxygens (including phenoxy) is 1. The van der Waals surface area contributed by atoms with E-state index in [1.165, 1.54) is 0 Å². The molecule has 1 amide bonds. The van der Waals surface area contributed by atoms with Crippen LogP contribution >= 0.6 is 0 Å². The zero-order valence-corrected chi connectivity index (χ0v) is 17.7. The lowest BCUT2D eigenvalue weighted by Crippen LogP contribution is -2.30. The number of carbonyl (C=O) groups excluding carboxylic acids is 2. The van der Waals surface area contributed by atoms with Gasteiger partial charge in [-0.1, -0.05) is 43.7 Å². The molecule has 1 atom stereocenters. The van der Waals surface area contributed by atoms with Crippen LogP contribution in [0.3, 0.4) is 0 Å². The molecule has 6 heteroatoms. The van der Waals surface area contributed by atoms with Gasteiger partial charge < -0.3 is 19.7 Å². The van der Waals surface area contributed by atoms with Gasteiger partial charge in [0.2, 0.25) is 0 Å². The summed E-state index contributed by atoms with van der Waals surface area (Å²) in [6.07, 6.45) is 3.33. The molecular weight excluding hydrogens is 392 g/mol. The van der Waals surface area contributed by atoms with E-state index in [0.717, 1.165) is 29.3 Å². The number of rotatable bonds is 7. The molecule has 1 unspecified atom stereocenters. The van der Waals surface area contributed by atoms with E-state index in [-0.39, 0.29) is 11.3 Å². The van der Waals surface area contributed by atoms with Crippen LogP contribution in [0.5, 0.6) is 5.75 Å². The fraction of sp³-hybridized carbons (Fsp3) is 0.280. The zero-order valence-electron chi connectivity index (χ0n) is 17.7. The molecule has 31 heavy (non-hydrogen) atoms. The number of aliphatic hydroxyl groups is 1. The van der Waals surface area contributed by atoms with Crippen molar-refractivity contribution in [2.24, 2.45) is 0 Å². The van der Waals surface area contributed by atoms with E-state index in [1.54, 1.807) is 11.1 Å². The number of aliphatic hydroxyl groups excluding tert-OH is 1. The van der Waals surface area contributed by atoms with Crippen molar-refractivity contribution in [3.8, 4) is 5.75 Å². The topological polar surface area (TPSA) is 82.6 Å². The van der Waals surface area contributed by atoms with Gasteiger partial charge in [-0.3, -0.25) is 9.59 Å². The molecule has 1 aliphatic rings. The minimum absolute atomic E-state index is 0.111. The first-order chi connectivity index (χ1) is 15.1. The Labute approximate surface area is 181 Å². The predicted molar refractivity (Wildman–Crippen MR) is 120 cm³/mol. The smallest absolute Gasteiger partial charge is 0.295 e. The number of hydrogen-bond donors (Lipinski definition) is 2. The number of aromatic nitrogens is 1. The number of unbranched alkanes of at least 4 members (excludes halogenated alkanes) is 1. The predicted octanol–water partition coefficient (Wildman–Crippen LogP) is 4.79. The number of hydrogen-bond acceptors (Lipinski definition) is 4. The van der Waals surface area contributed by atoms with Gasteiger partial charge in [0.1, 0.15) is 11.5 Å². The van der Waals surface area contributed by atoms with Crippen molar-refractivity contribution >= 4 is 28.4 Å². The van der Waals surface area contributed by atoms with E-state index in [1.807, 2.05) is 62.4 Å². The highest BCUT2D eigenvalue weighted by atomic mass is 16.5. The van der Waals surface area contributed by atoms with Gasteiger partial charge in [-0.05, 0) is 37.1 Å². The quantitative estimate of drug-likeness (QED) is 0.328. The normalized spacial score (nSPS) is 18.1. The lowest BCUT2D eigenvalue weighted by molar-refractivity contribution is -0.139. The molecule has 2 aromatic carbocycles. The largest absolute Gasteiger partial charge is 0.507 e.